The minimum atomic E-state index is -0.601. The van der Waals surface area contributed by atoms with Crippen LogP contribution in [0.2, 0.25) is 0 Å². The van der Waals surface area contributed by atoms with E-state index in [0.29, 0.717) is 11.2 Å². The molecule has 0 radical (unpaired) electrons. The molecule has 1 aliphatic rings. The lowest BCUT2D eigenvalue weighted by Gasteiger charge is -2.11. The third-order valence-corrected chi connectivity index (χ3v) is 4.57. The Hall–Kier alpha value is -2.70. The second-order valence-corrected chi connectivity index (χ2v) is 6.57. The molecule has 1 amide bonds. The van der Waals surface area contributed by atoms with Gasteiger partial charge in [-0.2, -0.15) is 0 Å². The molecule has 0 aromatic carbocycles. The average Bonchev–Trinajstić information content (AvgIpc) is 3.12. The first-order valence-corrected chi connectivity index (χ1v) is 8.09. The zero-order valence-corrected chi connectivity index (χ0v) is 13.6. The normalized spacial score (nSPS) is 14.0. The molecule has 0 fully saturated rings. The number of aryl methyl sites for hydroxylation is 1. The molecular weight excluding hydrogens is 308 g/mol. The molecular formula is C17H18N4O3. The van der Waals surface area contributed by atoms with E-state index in [-0.39, 0.29) is 18.0 Å². The van der Waals surface area contributed by atoms with Gasteiger partial charge < -0.3 is 10.2 Å². The van der Waals surface area contributed by atoms with Crippen LogP contribution in [0.25, 0.3) is 22.2 Å². The number of rotatable bonds is 3. The van der Waals surface area contributed by atoms with Crippen molar-refractivity contribution in [2.45, 2.75) is 45.6 Å². The van der Waals surface area contributed by atoms with E-state index in [4.69, 9.17) is 10.2 Å². The molecule has 0 unspecified atom stereocenters. The Kier molecular flexibility index (Phi) is 3.19. The first-order chi connectivity index (χ1) is 11.5. The van der Waals surface area contributed by atoms with Gasteiger partial charge in [0.25, 0.3) is 5.56 Å². The van der Waals surface area contributed by atoms with Gasteiger partial charge in [-0.1, -0.05) is 13.8 Å². The number of fused-ring (bicyclic) bond motifs is 5. The summed E-state index contributed by atoms with van der Waals surface area (Å²) in [5, 5.41) is 0.838. The quantitative estimate of drug-likeness (QED) is 0.788. The summed E-state index contributed by atoms with van der Waals surface area (Å²) in [7, 11) is 0. The van der Waals surface area contributed by atoms with E-state index < -0.39 is 11.5 Å². The molecule has 0 spiro atoms. The predicted octanol–water partition coefficient (Wildman–Crippen LogP) is 1.64. The average molecular weight is 326 g/mol. The van der Waals surface area contributed by atoms with Crippen molar-refractivity contribution in [1.29, 1.82) is 0 Å². The number of amides is 1. The molecule has 0 atom stereocenters. The van der Waals surface area contributed by atoms with Gasteiger partial charge in [-0.25, -0.2) is 9.97 Å². The van der Waals surface area contributed by atoms with Crippen LogP contribution in [-0.4, -0.2) is 20.4 Å². The number of aromatic nitrogens is 3. The van der Waals surface area contributed by atoms with Crippen LogP contribution in [-0.2, 0) is 24.2 Å². The highest BCUT2D eigenvalue weighted by Gasteiger charge is 2.26. The lowest BCUT2D eigenvalue weighted by atomic mass is 9.99. The van der Waals surface area contributed by atoms with E-state index in [1.165, 1.54) is 17.5 Å². The Morgan fingerprint density at radius 2 is 2.12 bits per heavy atom. The van der Waals surface area contributed by atoms with Crippen LogP contribution in [0.5, 0.6) is 0 Å². The maximum absolute atomic E-state index is 12.5. The Morgan fingerprint density at radius 3 is 2.83 bits per heavy atom. The minimum absolute atomic E-state index is 0.135. The van der Waals surface area contributed by atoms with Crippen LogP contribution in [0.15, 0.2) is 15.5 Å². The second kappa shape index (κ2) is 5.15. The third-order valence-electron chi connectivity index (χ3n) is 4.57. The van der Waals surface area contributed by atoms with Crippen molar-refractivity contribution in [3.05, 3.63) is 33.5 Å². The number of hydrogen-bond acceptors (Lipinski definition) is 5. The molecule has 0 saturated heterocycles. The van der Waals surface area contributed by atoms with Gasteiger partial charge in [-0.3, -0.25) is 14.2 Å². The van der Waals surface area contributed by atoms with Crippen LogP contribution in [0.3, 0.4) is 0 Å². The van der Waals surface area contributed by atoms with Gasteiger partial charge in [0.05, 0.1) is 17.4 Å². The zero-order valence-electron chi connectivity index (χ0n) is 13.6. The summed E-state index contributed by atoms with van der Waals surface area (Å²) in [6.07, 6.45) is 4.36. The number of furan rings is 1. The Bertz CT molecular complexity index is 1050. The highest BCUT2D eigenvalue weighted by molar-refractivity contribution is 6.03. The van der Waals surface area contributed by atoms with Crippen LogP contribution >= 0.6 is 0 Å². The molecule has 0 saturated carbocycles. The highest BCUT2D eigenvalue weighted by Crippen LogP contribution is 2.37. The number of hydrogen-bond donors (Lipinski definition) is 1. The lowest BCUT2D eigenvalue weighted by Crippen LogP contribution is -2.27. The molecule has 124 valence electrons. The molecule has 7 nitrogen and oxygen atoms in total. The first-order valence-electron chi connectivity index (χ1n) is 8.09. The van der Waals surface area contributed by atoms with Crippen molar-refractivity contribution in [2.24, 2.45) is 5.73 Å². The van der Waals surface area contributed by atoms with Crippen LogP contribution < -0.4 is 11.3 Å². The fraction of sp³-hybridized carbons (Fsp3) is 0.412. The van der Waals surface area contributed by atoms with E-state index in [2.05, 4.69) is 23.8 Å². The van der Waals surface area contributed by atoms with Crippen LogP contribution in [0.1, 0.15) is 43.0 Å². The summed E-state index contributed by atoms with van der Waals surface area (Å²) in [6.45, 7) is 3.99. The molecule has 1 aliphatic carbocycles. The Morgan fingerprint density at radius 1 is 1.38 bits per heavy atom. The zero-order chi connectivity index (χ0) is 17.0. The van der Waals surface area contributed by atoms with Crippen molar-refractivity contribution < 1.29 is 9.21 Å². The molecule has 24 heavy (non-hydrogen) atoms. The summed E-state index contributed by atoms with van der Waals surface area (Å²) in [6, 6.07) is 0. The van der Waals surface area contributed by atoms with Crippen molar-refractivity contribution in [3.63, 3.8) is 0 Å². The summed E-state index contributed by atoms with van der Waals surface area (Å²) in [4.78, 5) is 32.7. The summed E-state index contributed by atoms with van der Waals surface area (Å²) in [5.74, 6) is -0.315. The molecule has 3 aromatic rings. The maximum Gasteiger partial charge on any atom is 0.297 e. The van der Waals surface area contributed by atoms with E-state index in [0.717, 1.165) is 34.9 Å². The molecule has 7 heteroatoms. The summed E-state index contributed by atoms with van der Waals surface area (Å²) >= 11 is 0. The highest BCUT2D eigenvalue weighted by atomic mass is 16.3. The molecule has 2 N–H and O–H groups in total. The van der Waals surface area contributed by atoms with Crippen LogP contribution in [0, 0.1) is 0 Å². The van der Waals surface area contributed by atoms with Crippen molar-refractivity contribution >= 4 is 28.1 Å². The van der Waals surface area contributed by atoms with E-state index >= 15 is 0 Å². The van der Waals surface area contributed by atoms with E-state index in [1.54, 1.807) is 0 Å². The number of nitrogens with two attached hydrogens (primary N) is 1. The Balaban J connectivity index is 2.07. The Labute approximate surface area is 137 Å². The maximum atomic E-state index is 12.5. The largest absolute Gasteiger partial charge is 0.430 e. The molecule has 0 bridgehead atoms. The van der Waals surface area contributed by atoms with Gasteiger partial charge in [0.2, 0.25) is 17.2 Å². The van der Waals surface area contributed by atoms with Gasteiger partial charge in [-0.15, -0.1) is 0 Å². The summed E-state index contributed by atoms with van der Waals surface area (Å²) < 4.78 is 6.93. The minimum Gasteiger partial charge on any atom is -0.430 e. The number of primary amides is 1. The lowest BCUT2D eigenvalue weighted by molar-refractivity contribution is -0.118. The topological polar surface area (TPSA) is 104 Å². The number of nitrogens with zero attached hydrogens (tertiary/aromatic N) is 3. The van der Waals surface area contributed by atoms with E-state index in [9.17, 15) is 9.59 Å². The number of carbonyl (C=O) groups excluding carboxylic acids is 1. The van der Waals surface area contributed by atoms with Crippen molar-refractivity contribution in [3.8, 4) is 0 Å². The molecule has 0 aliphatic heterocycles. The first kappa shape index (κ1) is 14.9. The van der Waals surface area contributed by atoms with Crippen LogP contribution in [0.4, 0.5) is 0 Å². The SMILES string of the molecule is CC(C)c1nc2oc3c(=O)n(CC(N)=O)cnc3c2c2c1CCC2. The smallest absolute Gasteiger partial charge is 0.297 e. The fourth-order valence-electron chi connectivity index (χ4n) is 3.58. The van der Waals surface area contributed by atoms with Gasteiger partial charge in [0.1, 0.15) is 12.1 Å². The number of pyridine rings is 1. The predicted molar refractivity (Wildman–Crippen MR) is 88.9 cm³/mol. The molecule has 4 rings (SSSR count). The summed E-state index contributed by atoms with van der Waals surface area (Å²) in [5.41, 5.74) is 9.37. The second-order valence-electron chi connectivity index (χ2n) is 6.57. The third kappa shape index (κ3) is 2.04. The number of carbonyl (C=O) groups is 1. The standard InChI is InChI=1S/C17H18N4O3/c1-8(2)13-10-5-3-4-9(10)12-14-15(24-16(12)20-13)17(23)21(7-19-14)6-11(18)22/h7-8H,3-6H2,1-2H3,(H2,18,22). The van der Waals surface area contributed by atoms with Gasteiger partial charge in [0, 0.05) is 0 Å². The fourth-order valence-corrected chi connectivity index (χ4v) is 3.58. The van der Waals surface area contributed by atoms with Gasteiger partial charge in [0.15, 0.2) is 0 Å². The van der Waals surface area contributed by atoms with Crippen molar-refractivity contribution in [2.75, 3.05) is 0 Å². The molecule has 3 heterocycles. The van der Waals surface area contributed by atoms with E-state index in [1.807, 2.05) is 0 Å². The monoisotopic (exact) mass is 326 g/mol. The van der Waals surface area contributed by atoms with Gasteiger partial charge in [-0.05, 0) is 36.3 Å². The molecule has 3 aromatic heterocycles. The van der Waals surface area contributed by atoms with Gasteiger partial charge >= 0.3 is 0 Å². The van der Waals surface area contributed by atoms with Crippen molar-refractivity contribution in [1.82, 2.24) is 14.5 Å².